The fraction of sp³-hybridized carbons (Fsp3) is 0.0652. The summed E-state index contributed by atoms with van der Waals surface area (Å²) in [7, 11) is 4.57. The molecule has 3 amide bonds. The minimum atomic E-state index is -0.417. The third kappa shape index (κ3) is 12.5. The summed E-state index contributed by atoms with van der Waals surface area (Å²) in [5.41, 5.74) is 13.5. The smallest absolute Gasteiger partial charge is 0.255 e. The van der Waals surface area contributed by atoms with E-state index in [9.17, 15) is 51.2 Å². The summed E-state index contributed by atoms with van der Waals surface area (Å²) in [5, 5.41) is 31.0. The molecular weight excluding hydrogens is 1640 g/mol. The summed E-state index contributed by atoms with van der Waals surface area (Å²) in [5.74, 6) is -0.753. The summed E-state index contributed by atoms with van der Waals surface area (Å²) in [6, 6.07) is 62.4. The second-order valence-electron chi connectivity index (χ2n) is 27.9. The molecule has 0 spiro atoms. The van der Waals surface area contributed by atoms with Crippen LogP contribution in [-0.4, -0.2) is 67.5 Å². The normalized spacial score (nSPS) is 12.1. The molecule has 18 aromatic rings. The number of benzene rings is 9. The zero-order valence-electron chi connectivity index (χ0n) is 62.3. The molecule has 21 rings (SSSR count). The number of pyridine rings is 3. The second kappa shape index (κ2) is 29.2. The monoisotopic (exact) mass is 1700 g/mol. The Labute approximate surface area is 682 Å². The van der Waals surface area contributed by atoms with Gasteiger partial charge in [0.15, 0.2) is 20.2 Å². The molecule has 0 saturated heterocycles. The van der Waals surface area contributed by atoms with Gasteiger partial charge in [-0.15, -0.1) is 0 Å². The first kappa shape index (κ1) is 73.9. The lowest BCUT2D eigenvalue weighted by atomic mass is 9.98. The highest BCUT2D eigenvalue weighted by atomic mass is 127. The number of hydrogen-bond donors (Lipinski definition) is 3. The van der Waals surface area contributed by atoms with Crippen LogP contribution in [0.3, 0.4) is 0 Å². The predicted molar refractivity (Wildman–Crippen MR) is 441 cm³/mol. The highest BCUT2D eigenvalue weighted by molar-refractivity contribution is 14.1. The maximum atomic E-state index is 14.5. The molecule has 580 valence electrons. The van der Waals surface area contributed by atoms with E-state index in [1.165, 1.54) is 93.0 Å². The largest absolute Gasteiger partial charge is 0.470 e. The van der Waals surface area contributed by atoms with E-state index in [1.54, 1.807) is 104 Å². The number of rotatable bonds is 9. The summed E-state index contributed by atoms with van der Waals surface area (Å²) in [6.45, 7) is 0.682. The molecule has 3 aliphatic rings. The molecule has 20 nitrogen and oxygen atoms in total. The average molecular weight is 1700 g/mol. The van der Waals surface area contributed by atoms with Gasteiger partial charge < -0.3 is 57.1 Å². The lowest BCUT2D eigenvalue weighted by Crippen LogP contribution is -2.18. The molecule has 12 heterocycles. The standard InChI is InChI=1S/2C31H18F2N4O3.C30H18F2IN3O3/c2*1-35-31(38)28-21-12-19(17(14-34)11-27(21)40-30(28)16-5-7-18(32)8-6-16)23-9-10-26-29(36-23)25-13-20-22(33)3-2-4-24(20)37(25)15-39-26;1-34-30(37)27-19-11-18(21(33)13-26(19)39-29(27)15-5-7-16(31)8-6-15)22-9-10-25-28(35-22)24-12-17-20(32)3-2-4-23(17)36(24)14-38-25/h2*2-13H,15H2,1H3,(H,35,38);2-13H,14H2,1H3,(H,34,37). The fourth-order valence-corrected chi connectivity index (χ4v) is 16.2. The van der Waals surface area contributed by atoms with E-state index in [2.05, 4.69) is 50.7 Å². The van der Waals surface area contributed by atoms with E-state index < -0.39 is 23.4 Å². The van der Waals surface area contributed by atoms with E-state index in [0.29, 0.717) is 162 Å². The maximum Gasteiger partial charge on any atom is 0.255 e. The Morgan fingerprint density at radius 1 is 0.378 bits per heavy atom. The van der Waals surface area contributed by atoms with Gasteiger partial charge in [0, 0.05) is 90.4 Å². The molecule has 0 bridgehead atoms. The molecule has 9 aromatic carbocycles. The molecule has 0 atom stereocenters. The number of nitriles is 2. The number of nitrogens with zero attached hydrogens (tertiary/aromatic N) is 8. The summed E-state index contributed by atoms with van der Waals surface area (Å²) in [4.78, 5) is 53.7. The van der Waals surface area contributed by atoms with Gasteiger partial charge >= 0.3 is 0 Å². The first-order chi connectivity index (χ1) is 57.8. The lowest BCUT2D eigenvalue weighted by molar-refractivity contribution is 0.0956. The highest BCUT2D eigenvalue weighted by Gasteiger charge is 2.32. The van der Waals surface area contributed by atoms with Crippen LogP contribution in [0.15, 0.2) is 232 Å². The first-order valence-electron chi connectivity index (χ1n) is 36.8. The van der Waals surface area contributed by atoms with E-state index in [0.717, 1.165) is 20.3 Å². The van der Waals surface area contributed by atoms with Crippen LogP contribution in [0.5, 0.6) is 17.2 Å². The van der Waals surface area contributed by atoms with Crippen LogP contribution in [0.25, 0.3) is 168 Å². The van der Waals surface area contributed by atoms with Gasteiger partial charge in [-0.2, -0.15) is 10.5 Å². The van der Waals surface area contributed by atoms with Crippen LogP contribution >= 0.6 is 22.6 Å². The van der Waals surface area contributed by atoms with Gasteiger partial charge in [-0.3, -0.25) is 14.4 Å². The van der Waals surface area contributed by atoms with Crippen LogP contribution < -0.4 is 30.2 Å². The number of aromatic nitrogens is 6. The van der Waals surface area contributed by atoms with Gasteiger partial charge in [0.1, 0.15) is 103 Å². The van der Waals surface area contributed by atoms with Gasteiger partial charge in [0.25, 0.3) is 17.7 Å². The summed E-state index contributed by atoms with van der Waals surface area (Å²) < 4.78 is 127. The average Bonchev–Trinajstić information content (AvgIpc) is 1.62. The molecule has 27 heteroatoms. The fourth-order valence-electron chi connectivity index (χ4n) is 15.5. The van der Waals surface area contributed by atoms with Crippen molar-refractivity contribution in [3.8, 4) is 131 Å². The second-order valence-corrected chi connectivity index (χ2v) is 29.0. The Balaban J connectivity index is 0.000000118. The van der Waals surface area contributed by atoms with Crippen molar-refractivity contribution in [3.63, 3.8) is 0 Å². The van der Waals surface area contributed by atoms with Gasteiger partial charge in [-0.05, 0) is 223 Å². The van der Waals surface area contributed by atoms with Crippen molar-refractivity contribution >= 4 is 106 Å². The van der Waals surface area contributed by atoms with Crippen LogP contribution in [-0.2, 0) is 20.2 Å². The summed E-state index contributed by atoms with van der Waals surface area (Å²) >= 11 is 2.21. The number of hydrogen-bond acceptors (Lipinski definition) is 14. The Morgan fingerprint density at radius 3 is 0.992 bits per heavy atom. The Bertz CT molecular complexity index is 7160. The number of amides is 3. The number of carbonyl (C=O) groups excluding carboxylic acids is 3. The van der Waals surface area contributed by atoms with Crippen molar-refractivity contribution in [3.05, 3.63) is 285 Å². The van der Waals surface area contributed by atoms with E-state index >= 15 is 0 Å². The number of carbonyl (C=O) groups is 3. The lowest BCUT2D eigenvalue weighted by Gasteiger charge is -2.21. The zero-order chi connectivity index (χ0) is 81.9. The van der Waals surface area contributed by atoms with Crippen molar-refractivity contribution in [1.82, 2.24) is 44.6 Å². The third-order valence-electron chi connectivity index (χ3n) is 21.2. The molecule has 0 unspecified atom stereocenters. The van der Waals surface area contributed by atoms with Crippen LogP contribution in [0, 0.1) is 61.1 Å². The first-order valence-corrected chi connectivity index (χ1v) is 37.9. The van der Waals surface area contributed by atoms with Gasteiger partial charge in [0.05, 0.1) is 90.7 Å². The zero-order valence-corrected chi connectivity index (χ0v) is 64.5. The number of ether oxygens (including phenoxy) is 3. The van der Waals surface area contributed by atoms with Gasteiger partial charge in [0.2, 0.25) is 0 Å². The topological polar surface area (TPSA) is 255 Å². The SMILES string of the molecule is CNC(=O)c1c(-c2ccc(F)cc2)oc2cc(C#N)c(-c3ccc4c(n3)-c3cc5c(F)cccc5n3CO4)cc12.CNC(=O)c1c(-c2ccc(F)cc2)oc2cc(C#N)c(-c3ccc4c(n3)-c3cc5c(F)cccc5n3CO4)cc12.CNC(=O)c1c(-c2ccc(F)cc2)oc2cc(I)c(-c3ccc4c(n3)-c3cc5c(F)cccc5n3CO4)cc12. The number of fused-ring (bicyclic) bond motifs is 18. The number of furan rings is 3. The molecule has 0 radical (unpaired) electrons. The van der Waals surface area contributed by atoms with Crippen LogP contribution in [0.4, 0.5) is 26.3 Å². The van der Waals surface area contributed by atoms with Crippen molar-refractivity contribution in [2.24, 2.45) is 0 Å². The molecular formula is C92H54F6IN11O9. The highest BCUT2D eigenvalue weighted by Crippen LogP contribution is 2.47. The summed E-state index contributed by atoms with van der Waals surface area (Å²) in [6.07, 6.45) is 0. The molecule has 119 heavy (non-hydrogen) atoms. The van der Waals surface area contributed by atoms with Crippen LogP contribution in [0.1, 0.15) is 42.2 Å². The Kier molecular flexibility index (Phi) is 18.2. The molecule has 0 aliphatic carbocycles. The van der Waals surface area contributed by atoms with Gasteiger partial charge in [-0.1, -0.05) is 18.2 Å². The molecule has 9 aromatic heterocycles. The minimum Gasteiger partial charge on any atom is -0.470 e. The third-order valence-corrected chi connectivity index (χ3v) is 22.1. The van der Waals surface area contributed by atoms with E-state index in [4.69, 9.17) is 42.4 Å². The van der Waals surface area contributed by atoms with Crippen molar-refractivity contribution in [2.45, 2.75) is 20.2 Å². The van der Waals surface area contributed by atoms with Crippen molar-refractivity contribution < 1.29 is 68.2 Å². The quantitative estimate of drug-likeness (QED) is 0.0897. The Morgan fingerprint density at radius 2 is 0.681 bits per heavy atom. The van der Waals surface area contributed by atoms with E-state index in [-0.39, 0.29) is 83.1 Å². The Hall–Kier alpha value is -15.2. The number of nitrogens with one attached hydrogen (secondary N) is 3. The number of halogens is 7. The molecule has 3 aliphatic heterocycles. The van der Waals surface area contributed by atoms with Crippen molar-refractivity contribution in [2.75, 3.05) is 21.1 Å². The van der Waals surface area contributed by atoms with E-state index in [1.807, 2.05) is 56.2 Å². The van der Waals surface area contributed by atoms with Crippen LogP contribution in [0.2, 0.25) is 0 Å². The van der Waals surface area contributed by atoms with Crippen molar-refractivity contribution in [1.29, 1.82) is 10.5 Å². The molecule has 0 saturated carbocycles. The molecule has 3 N–H and O–H groups in total. The molecule has 0 fully saturated rings. The van der Waals surface area contributed by atoms with Gasteiger partial charge in [-0.25, -0.2) is 41.3 Å². The maximum absolute atomic E-state index is 14.5. The minimum absolute atomic E-state index is 0.211. The predicted octanol–water partition coefficient (Wildman–Crippen LogP) is 20.7.